The van der Waals surface area contributed by atoms with Gasteiger partial charge in [0, 0.05) is 6.04 Å². The van der Waals surface area contributed by atoms with Crippen molar-refractivity contribution in [1.29, 1.82) is 0 Å². The summed E-state index contributed by atoms with van der Waals surface area (Å²) in [4.78, 5) is 0. The third-order valence-electron chi connectivity index (χ3n) is 5.07. The van der Waals surface area contributed by atoms with E-state index in [0.717, 1.165) is 12.5 Å². The van der Waals surface area contributed by atoms with Gasteiger partial charge >= 0.3 is 0 Å². The van der Waals surface area contributed by atoms with Crippen molar-refractivity contribution in [2.45, 2.75) is 78.2 Å². The number of benzene rings is 1. The summed E-state index contributed by atoms with van der Waals surface area (Å²) in [6.07, 6.45) is 11.0. The number of hydrogen-bond acceptors (Lipinski definition) is 1. The van der Waals surface area contributed by atoms with Crippen molar-refractivity contribution in [3.8, 4) is 0 Å². The zero-order chi connectivity index (χ0) is 15.1. The van der Waals surface area contributed by atoms with Gasteiger partial charge < -0.3 is 5.32 Å². The van der Waals surface area contributed by atoms with Crippen molar-refractivity contribution >= 4 is 0 Å². The Kier molecular flexibility index (Phi) is 6.76. The Morgan fingerprint density at radius 3 is 2.48 bits per heavy atom. The highest BCUT2D eigenvalue weighted by molar-refractivity contribution is 5.31. The van der Waals surface area contributed by atoms with Gasteiger partial charge in [0.2, 0.25) is 0 Å². The average molecular weight is 287 g/mol. The SMILES string of the molecule is CCCNC(Cc1cc(C)ccc1C)C1CCCCCC1. The van der Waals surface area contributed by atoms with Crippen LogP contribution in [0.5, 0.6) is 0 Å². The van der Waals surface area contributed by atoms with Crippen LogP contribution in [0.3, 0.4) is 0 Å². The minimum Gasteiger partial charge on any atom is -0.313 e. The molecule has 1 N–H and O–H groups in total. The van der Waals surface area contributed by atoms with E-state index in [-0.39, 0.29) is 0 Å². The van der Waals surface area contributed by atoms with Crippen molar-refractivity contribution < 1.29 is 0 Å². The van der Waals surface area contributed by atoms with E-state index >= 15 is 0 Å². The Labute approximate surface area is 131 Å². The molecule has 1 aromatic rings. The van der Waals surface area contributed by atoms with Gasteiger partial charge in [-0.05, 0) is 63.1 Å². The van der Waals surface area contributed by atoms with E-state index in [0.29, 0.717) is 6.04 Å². The van der Waals surface area contributed by atoms with Gasteiger partial charge in [0.1, 0.15) is 0 Å². The lowest BCUT2D eigenvalue weighted by Gasteiger charge is -2.28. The van der Waals surface area contributed by atoms with Crippen molar-refractivity contribution in [3.05, 3.63) is 34.9 Å². The van der Waals surface area contributed by atoms with Crippen LogP contribution in [0.1, 0.15) is 68.6 Å². The largest absolute Gasteiger partial charge is 0.313 e. The fourth-order valence-corrected chi connectivity index (χ4v) is 3.71. The lowest BCUT2D eigenvalue weighted by molar-refractivity contribution is 0.317. The van der Waals surface area contributed by atoms with Gasteiger partial charge in [-0.15, -0.1) is 0 Å². The molecule has 1 aliphatic carbocycles. The maximum atomic E-state index is 3.86. The minimum atomic E-state index is 0.670. The maximum absolute atomic E-state index is 3.86. The van der Waals surface area contributed by atoms with Gasteiger partial charge in [0.15, 0.2) is 0 Å². The first-order valence-electron chi connectivity index (χ1n) is 9.00. The van der Waals surface area contributed by atoms with Crippen molar-refractivity contribution in [3.63, 3.8) is 0 Å². The van der Waals surface area contributed by atoms with E-state index < -0.39 is 0 Å². The van der Waals surface area contributed by atoms with Crippen LogP contribution in [0.25, 0.3) is 0 Å². The summed E-state index contributed by atoms with van der Waals surface area (Å²) < 4.78 is 0. The van der Waals surface area contributed by atoms with Crippen LogP contribution in [0.15, 0.2) is 18.2 Å². The van der Waals surface area contributed by atoms with E-state index in [1.54, 1.807) is 5.56 Å². The Morgan fingerprint density at radius 2 is 1.81 bits per heavy atom. The first-order valence-corrected chi connectivity index (χ1v) is 9.00. The Morgan fingerprint density at radius 1 is 1.10 bits per heavy atom. The molecule has 1 nitrogen and oxygen atoms in total. The zero-order valence-corrected chi connectivity index (χ0v) is 14.3. The van der Waals surface area contributed by atoms with Gasteiger partial charge in [0.25, 0.3) is 0 Å². The zero-order valence-electron chi connectivity index (χ0n) is 14.3. The lowest BCUT2D eigenvalue weighted by Crippen LogP contribution is -2.38. The summed E-state index contributed by atoms with van der Waals surface area (Å²) in [5.74, 6) is 0.874. The van der Waals surface area contributed by atoms with Crippen molar-refractivity contribution in [1.82, 2.24) is 5.32 Å². The molecule has 0 aliphatic heterocycles. The average Bonchev–Trinajstić information content (AvgIpc) is 2.76. The van der Waals surface area contributed by atoms with Crippen LogP contribution in [0.2, 0.25) is 0 Å². The van der Waals surface area contributed by atoms with Crippen LogP contribution < -0.4 is 5.32 Å². The molecule has 0 saturated heterocycles. The van der Waals surface area contributed by atoms with Gasteiger partial charge in [-0.1, -0.05) is 56.4 Å². The molecule has 1 aromatic carbocycles. The maximum Gasteiger partial charge on any atom is 0.0136 e. The molecule has 118 valence electrons. The summed E-state index contributed by atoms with van der Waals surface area (Å²) >= 11 is 0. The second kappa shape index (κ2) is 8.58. The predicted octanol–water partition coefficient (Wildman–Crippen LogP) is 5.18. The third-order valence-corrected chi connectivity index (χ3v) is 5.07. The standard InChI is InChI=1S/C20H33N/c1-4-13-21-20(18-9-7-5-6-8-10-18)15-19-14-16(2)11-12-17(19)3/h11-12,14,18,20-21H,4-10,13,15H2,1-3H3. The highest BCUT2D eigenvalue weighted by atomic mass is 14.9. The van der Waals surface area contributed by atoms with Crippen LogP contribution >= 0.6 is 0 Å². The Bertz CT molecular complexity index is 416. The molecule has 0 spiro atoms. The first kappa shape index (κ1) is 16.5. The molecule has 1 fully saturated rings. The summed E-state index contributed by atoms with van der Waals surface area (Å²) in [5.41, 5.74) is 4.40. The van der Waals surface area contributed by atoms with Crippen LogP contribution in [0, 0.1) is 19.8 Å². The second-order valence-corrected chi connectivity index (χ2v) is 6.95. The summed E-state index contributed by atoms with van der Waals surface area (Å²) in [6.45, 7) is 7.91. The molecule has 1 unspecified atom stereocenters. The molecule has 0 amide bonds. The molecular formula is C20H33N. The van der Waals surface area contributed by atoms with Gasteiger partial charge in [0.05, 0.1) is 0 Å². The van der Waals surface area contributed by atoms with Crippen molar-refractivity contribution in [2.24, 2.45) is 5.92 Å². The lowest BCUT2D eigenvalue weighted by atomic mass is 9.86. The van der Waals surface area contributed by atoms with Crippen LogP contribution in [0.4, 0.5) is 0 Å². The van der Waals surface area contributed by atoms with Crippen LogP contribution in [-0.4, -0.2) is 12.6 Å². The molecule has 1 aliphatic rings. The molecule has 1 atom stereocenters. The normalized spacial score (nSPS) is 18.4. The number of hydrogen-bond donors (Lipinski definition) is 1. The van der Waals surface area contributed by atoms with E-state index in [1.807, 2.05) is 0 Å². The number of aryl methyl sites for hydroxylation is 2. The third kappa shape index (κ3) is 5.14. The second-order valence-electron chi connectivity index (χ2n) is 6.95. The fourth-order valence-electron chi connectivity index (χ4n) is 3.71. The van der Waals surface area contributed by atoms with E-state index in [1.165, 1.54) is 62.5 Å². The minimum absolute atomic E-state index is 0.670. The van der Waals surface area contributed by atoms with E-state index in [9.17, 15) is 0 Å². The predicted molar refractivity (Wildman–Crippen MR) is 92.9 cm³/mol. The van der Waals surface area contributed by atoms with E-state index in [2.05, 4.69) is 44.3 Å². The number of rotatable bonds is 6. The summed E-state index contributed by atoms with van der Waals surface area (Å²) in [7, 11) is 0. The smallest absolute Gasteiger partial charge is 0.0136 e. The topological polar surface area (TPSA) is 12.0 Å². The van der Waals surface area contributed by atoms with Gasteiger partial charge in [-0.2, -0.15) is 0 Å². The monoisotopic (exact) mass is 287 g/mol. The Hall–Kier alpha value is -0.820. The molecular weight excluding hydrogens is 254 g/mol. The first-order chi connectivity index (χ1) is 10.2. The molecule has 0 aromatic heterocycles. The quantitative estimate of drug-likeness (QED) is 0.710. The molecule has 2 rings (SSSR count). The Balaban J connectivity index is 2.08. The highest BCUT2D eigenvalue weighted by Gasteiger charge is 2.22. The van der Waals surface area contributed by atoms with Crippen molar-refractivity contribution in [2.75, 3.05) is 6.54 Å². The van der Waals surface area contributed by atoms with Gasteiger partial charge in [-0.3, -0.25) is 0 Å². The van der Waals surface area contributed by atoms with Crippen LogP contribution in [-0.2, 0) is 6.42 Å². The molecule has 0 heterocycles. The van der Waals surface area contributed by atoms with E-state index in [4.69, 9.17) is 0 Å². The molecule has 21 heavy (non-hydrogen) atoms. The fraction of sp³-hybridized carbons (Fsp3) is 0.700. The molecule has 1 heteroatoms. The molecule has 0 radical (unpaired) electrons. The summed E-state index contributed by atoms with van der Waals surface area (Å²) in [6, 6.07) is 7.59. The highest BCUT2D eigenvalue weighted by Crippen LogP contribution is 2.28. The summed E-state index contributed by atoms with van der Waals surface area (Å²) in [5, 5.41) is 3.86. The molecule has 0 bridgehead atoms. The van der Waals surface area contributed by atoms with Gasteiger partial charge in [-0.25, -0.2) is 0 Å². The number of nitrogens with one attached hydrogen (secondary N) is 1. The molecule has 1 saturated carbocycles.